The number of carbonyl (C=O) groups excluding carboxylic acids is 4. The normalized spacial score (nSPS) is 24.3. The van der Waals surface area contributed by atoms with Crippen LogP contribution >= 0.6 is 0 Å². The Morgan fingerprint density at radius 3 is 2.54 bits per heavy atom. The van der Waals surface area contributed by atoms with Gasteiger partial charge in [-0.3, -0.25) is 19.0 Å². The zero-order valence-corrected chi connectivity index (χ0v) is 36.3. The number of hydrogen-bond acceptors (Lipinski definition) is 11. The van der Waals surface area contributed by atoms with E-state index < -0.39 is 69.3 Å². The second kappa shape index (κ2) is 17.0. The molecule has 3 aromatic rings. The third-order valence-electron chi connectivity index (χ3n) is 11.0. The fourth-order valence-corrected chi connectivity index (χ4v) is 8.42. The highest BCUT2D eigenvalue weighted by Crippen LogP contribution is 2.46. The summed E-state index contributed by atoms with van der Waals surface area (Å²) in [4.78, 5) is 67.0. The third-order valence-corrected chi connectivity index (χ3v) is 12.4. The lowest BCUT2D eigenvalue weighted by Crippen LogP contribution is -2.58. The fraction of sp³-hybridized carbons (Fsp3) is 0.610. The molecule has 3 aliphatic rings. The largest absolute Gasteiger partial charge is 0.459 e. The van der Waals surface area contributed by atoms with Crippen molar-refractivity contribution in [2.75, 3.05) is 20.6 Å². The number of para-hydroxylation sites is 1. The van der Waals surface area contributed by atoms with Crippen LogP contribution < -0.4 is 20.1 Å². The number of nitrogens with one attached hydrogen (secondary N) is 3. The number of oxazole rings is 1. The molecule has 1 saturated heterocycles. The summed E-state index contributed by atoms with van der Waals surface area (Å²) in [5.41, 5.74) is 0.534. The zero-order chi connectivity index (χ0) is 43.0. The summed E-state index contributed by atoms with van der Waals surface area (Å²) in [5, 5.41) is 5.61. The highest BCUT2D eigenvalue weighted by Gasteiger charge is 2.62. The van der Waals surface area contributed by atoms with E-state index in [4.69, 9.17) is 23.9 Å². The van der Waals surface area contributed by atoms with Gasteiger partial charge < -0.3 is 29.4 Å². The van der Waals surface area contributed by atoms with Crippen molar-refractivity contribution >= 4 is 45.1 Å². The van der Waals surface area contributed by atoms with Gasteiger partial charge in [0.2, 0.25) is 17.7 Å². The molecule has 6 rings (SSSR count). The van der Waals surface area contributed by atoms with E-state index in [1.54, 1.807) is 20.8 Å². The van der Waals surface area contributed by atoms with E-state index in [1.807, 2.05) is 62.6 Å². The Morgan fingerprint density at radius 2 is 1.88 bits per heavy atom. The van der Waals surface area contributed by atoms with Crippen LogP contribution in [0.2, 0.25) is 0 Å². The topological polar surface area (TPSA) is 207 Å². The lowest BCUT2D eigenvalue weighted by atomic mass is 10.0. The minimum Gasteiger partial charge on any atom is -0.459 e. The second-order valence-electron chi connectivity index (χ2n) is 17.2. The predicted octanol–water partition coefficient (Wildman–Crippen LogP) is 4.70. The number of amides is 4. The van der Waals surface area contributed by atoms with Gasteiger partial charge in [-0.25, -0.2) is 14.5 Å². The molecule has 17 nitrogen and oxygen atoms in total. The molecule has 1 aliphatic carbocycles. The van der Waals surface area contributed by atoms with Crippen molar-refractivity contribution < 1.29 is 41.5 Å². The molecule has 0 radical (unpaired) electrons. The third kappa shape index (κ3) is 9.43. The molecule has 0 spiro atoms. The first kappa shape index (κ1) is 43.6. The summed E-state index contributed by atoms with van der Waals surface area (Å²) in [7, 11) is -1.60. The molecule has 5 unspecified atom stereocenters. The van der Waals surface area contributed by atoms with Crippen molar-refractivity contribution in [1.29, 1.82) is 0 Å². The smallest absolute Gasteiger partial charge is 0.408 e. The zero-order valence-electron chi connectivity index (χ0n) is 35.5. The van der Waals surface area contributed by atoms with Gasteiger partial charge in [0.05, 0.1) is 23.3 Å². The molecule has 2 aromatic heterocycles. The number of rotatable bonds is 9. The maximum absolute atomic E-state index is 14.6. The Hall–Kier alpha value is -4.97. The lowest BCUT2D eigenvalue weighted by molar-refractivity contribution is -0.141. The number of aryl methyl sites for hydroxylation is 2. The van der Waals surface area contributed by atoms with Crippen LogP contribution in [0.3, 0.4) is 0 Å². The van der Waals surface area contributed by atoms with Gasteiger partial charge in [-0.1, -0.05) is 44.9 Å². The number of fused-ring (bicyclic) bond motifs is 3. The Morgan fingerprint density at radius 1 is 1.14 bits per heavy atom. The summed E-state index contributed by atoms with van der Waals surface area (Å²) in [6, 6.07) is 3.79. The molecule has 18 heteroatoms. The van der Waals surface area contributed by atoms with Crippen LogP contribution in [0.1, 0.15) is 104 Å². The van der Waals surface area contributed by atoms with Crippen LogP contribution in [0.15, 0.2) is 34.8 Å². The van der Waals surface area contributed by atoms with E-state index in [2.05, 4.69) is 15.4 Å². The molecule has 59 heavy (non-hydrogen) atoms. The molecule has 5 atom stereocenters. The Labute approximate surface area is 345 Å². The molecule has 1 saturated carbocycles. The number of benzene rings is 1. The highest BCUT2D eigenvalue weighted by atomic mass is 32.2. The van der Waals surface area contributed by atoms with Crippen molar-refractivity contribution in [2.24, 2.45) is 5.92 Å². The highest BCUT2D eigenvalue weighted by molar-refractivity contribution is 7.87. The number of ether oxygens (including phenoxy) is 2. The summed E-state index contributed by atoms with van der Waals surface area (Å²) < 4.78 is 48.6. The second-order valence-corrected chi connectivity index (χ2v) is 19.0. The Balaban J connectivity index is 1.35. The minimum absolute atomic E-state index is 0.0153. The van der Waals surface area contributed by atoms with Gasteiger partial charge in [0.15, 0.2) is 0 Å². The number of imidazole rings is 1. The first-order valence-corrected chi connectivity index (χ1v) is 21.9. The van der Waals surface area contributed by atoms with Gasteiger partial charge in [-0.05, 0) is 78.4 Å². The van der Waals surface area contributed by atoms with Gasteiger partial charge in [-0.15, -0.1) is 0 Å². The van der Waals surface area contributed by atoms with E-state index >= 15 is 0 Å². The van der Waals surface area contributed by atoms with Crippen molar-refractivity contribution in [3.63, 3.8) is 0 Å². The summed E-state index contributed by atoms with van der Waals surface area (Å²) in [6.07, 6.45) is 5.52. The molecule has 3 N–H and O–H groups in total. The van der Waals surface area contributed by atoms with Crippen LogP contribution in [0.4, 0.5) is 4.79 Å². The number of nitrogens with zero attached hydrogens (tertiary/aromatic N) is 5. The van der Waals surface area contributed by atoms with E-state index in [-0.39, 0.29) is 31.3 Å². The van der Waals surface area contributed by atoms with Gasteiger partial charge in [0.1, 0.15) is 40.6 Å². The van der Waals surface area contributed by atoms with E-state index in [1.165, 1.54) is 19.0 Å². The first-order chi connectivity index (χ1) is 27.7. The van der Waals surface area contributed by atoms with E-state index in [9.17, 15) is 27.6 Å². The van der Waals surface area contributed by atoms with Crippen LogP contribution in [0.5, 0.6) is 6.01 Å². The summed E-state index contributed by atoms with van der Waals surface area (Å²) in [6.45, 7) is 13.6. The summed E-state index contributed by atoms with van der Waals surface area (Å²) in [5.74, 6) is -1.20. The van der Waals surface area contributed by atoms with Crippen molar-refractivity contribution in [3.05, 3.63) is 41.8 Å². The van der Waals surface area contributed by atoms with Crippen molar-refractivity contribution in [2.45, 2.75) is 135 Å². The van der Waals surface area contributed by atoms with Crippen LogP contribution in [0, 0.1) is 12.8 Å². The Bertz CT molecular complexity index is 2220. The van der Waals surface area contributed by atoms with Crippen LogP contribution in [-0.4, -0.2) is 106 Å². The molecule has 2 fully saturated rings. The Kier molecular flexibility index (Phi) is 12.5. The average molecular weight is 839 g/mol. The first-order valence-electron chi connectivity index (χ1n) is 20.4. The van der Waals surface area contributed by atoms with Crippen molar-refractivity contribution in [1.82, 2.24) is 39.1 Å². The van der Waals surface area contributed by atoms with Crippen LogP contribution in [0.25, 0.3) is 22.5 Å². The standard InChI is InChI=1S/C41H58N8O9S/c1-10-48-30-20-16-18-28(35-43-32(24(2)3)25(4)56-35)33(30)44-38(48)57-27-21-31-34(50)45-41(37(52)46-59(54,55)47(8)9)22-26(41)17-14-12-11-13-15-19-29(36(51)49(31)23-27)42-39(53)58-40(5,6)7/h14,16-18,20,24,26-27,29,31H,10-13,15,19,21-23H2,1-9H3,(H,42,53)(H,45,50)(H,46,52). The number of carbonyl (C=O) groups is 4. The molecule has 4 amide bonds. The minimum atomic E-state index is -4.18. The fourth-order valence-electron chi connectivity index (χ4n) is 7.82. The molecular weight excluding hydrogens is 781 g/mol. The summed E-state index contributed by atoms with van der Waals surface area (Å²) >= 11 is 0. The van der Waals surface area contributed by atoms with Gasteiger partial charge >= 0.3 is 16.3 Å². The molecule has 0 bridgehead atoms. The van der Waals surface area contributed by atoms with E-state index in [0.717, 1.165) is 34.1 Å². The number of aromatic nitrogens is 3. The van der Waals surface area contributed by atoms with E-state index in [0.29, 0.717) is 42.8 Å². The lowest BCUT2D eigenvalue weighted by Gasteiger charge is -2.30. The van der Waals surface area contributed by atoms with Crippen molar-refractivity contribution in [3.8, 4) is 17.5 Å². The molecule has 1 aromatic carbocycles. The molecule has 2 aliphatic heterocycles. The monoisotopic (exact) mass is 838 g/mol. The SMILES string of the molecule is CCn1c(OC2CC3C(=O)NC4(C(=O)NS(=O)(=O)N(C)C)CC4C=CCCCCCC(NC(=O)OC(C)(C)C)C(=O)N3C2)nc2c(-c3nc(C(C)C)c(C)o3)cccc21. The number of allylic oxidation sites excluding steroid dienone is 1. The van der Waals surface area contributed by atoms with Gasteiger partial charge in [0, 0.05) is 33.0 Å². The maximum atomic E-state index is 14.6. The number of alkyl carbamates (subject to hydrolysis) is 1. The average Bonchev–Trinajstić information content (AvgIpc) is 3.41. The van der Waals surface area contributed by atoms with Gasteiger partial charge in [-0.2, -0.15) is 17.7 Å². The molecular formula is C41H58N8O9S. The maximum Gasteiger partial charge on any atom is 0.408 e. The predicted molar refractivity (Wildman–Crippen MR) is 219 cm³/mol. The van der Waals surface area contributed by atoms with Gasteiger partial charge in [0.25, 0.3) is 11.9 Å². The molecule has 4 heterocycles. The number of hydrogen-bond donors (Lipinski definition) is 3. The quantitative estimate of drug-likeness (QED) is 0.252. The molecule has 322 valence electrons. The van der Waals surface area contributed by atoms with Crippen LogP contribution in [-0.2, 0) is 35.9 Å².